The van der Waals surface area contributed by atoms with Gasteiger partial charge in [0.2, 0.25) is 0 Å². The fourth-order valence-electron chi connectivity index (χ4n) is 2.63. The topological polar surface area (TPSA) is 30.8 Å². The lowest BCUT2D eigenvalue weighted by atomic mass is 10.0. The number of ether oxygens (including phenoxy) is 1. The quantitative estimate of drug-likeness (QED) is 0.443. The molecule has 0 unspecified atom stereocenters. The zero-order valence-electron chi connectivity index (χ0n) is 14.7. The van der Waals surface area contributed by atoms with Crippen LogP contribution in [0.2, 0.25) is 0 Å². The summed E-state index contributed by atoms with van der Waals surface area (Å²) in [7, 11) is 1.57. The van der Waals surface area contributed by atoms with E-state index < -0.39 is 0 Å². The Morgan fingerprint density at radius 2 is 1.88 bits per heavy atom. The van der Waals surface area contributed by atoms with E-state index in [9.17, 15) is 0 Å². The van der Waals surface area contributed by atoms with Crippen molar-refractivity contribution in [2.75, 3.05) is 7.11 Å². The van der Waals surface area contributed by atoms with Crippen molar-refractivity contribution in [2.45, 2.75) is 20.5 Å². The Kier molecular flexibility index (Phi) is 5.51. The molecule has 0 atom stereocenters. The van der Waals surface area contributed by atoms with Crippen LogP contribution in [0.15, 0.2) is 65.1 Å². The fourth-order valence-corrected chi connectivity index (χ4v) is 3.35. The van der Waals surface area contributed by atoms with Gasteiger partial charge in [-0.05, 0) is 48.1 Å². The van der Waals surface area contributed by atoms with E-state index in [1.165, 1.54) is 5.56 Å². The minimum atomic E-state index is 0.481. The molecule has 0 aliphatic rings. The first-order chi connectivity index (χ1) is 12.2. The standard InChI is InChI=1S/C21H21NO2S/c1-15-10-11-16(2)19(13-15)24-14-17-7-4-5-8-18(17)21(22-23-3)20-9-6-12-25-20/h4-13H,14H2,1-3H3/b22-21-. The van der Waals surface area contributed by atoms with Crippen LogP contribution in [0.1, 0.15) is 27.1 Å². The third kappa shape index (κ3) is 4.09. The monoisotopic (exact) mass is 351 g/mol. The van der Waals surface area contributed by atoms with E-state index in [-0.39, 0.29) is 0 Å². The molecule has 0 aliphatic carbocycles. The van der Waals surface area contributed by atoms with Crippen LogP contribution in [0.5, 0.6) is 5.75 Å². The van der Waals surface area contributed by atoms with Gasteiger partial charge in [-0.15, -0.1) is 11.3 Å². The van der Waals surface area contributed by atoms with Gasteiger partial charge in [-0.1, -0.05) is 47.6 Å². The van der Waals surface area contributed by atoms with E-state index in [1.807, 2.05) is 29.6 Å². The zero-order valence-corrected chi connectivity index (χ0v) is 15.5. The lowest BCUT2D eigenvalue weighted by Crippen LogP contribution is -2.08. The van der Waals surface area contributed by atoms with Crippen LogP contribution >= 0.6 is 11.3 Å². The second-order valence-electron chi connectivity index (χ2n) is 5.81. The molecule has 0 saturated heterocycles. The first-order valence-electron chi connectivity index (χ1n) is 8.12. The van der Waals surface area contributed by atoms with Crippen LogP contribution in [0.4, 0.5) is 0 Å². The SMILES string of the molecule is CO/N=C(\c1cccs1)c1ccccc1COc1cc(C)ccc1C. The largest absolute Gasteiger partial charge is 0.489 e. The summed E-state index contributed by atoms with van der Waals surface area (Å²) in [4.78, 5) is 6.16. The molecule has 2 aromatic carbocycles. The van der Waals surface area contributed by atoms with Crippen molar-refractivity contribution < 1.29 is 9.57 Å². The van der Waals surface area contributed by atoms with Crippen molar-refractivity contribution in [1.29, 1.82) is 0 Å². The van der Waals surface area contributed by atoms with E-state index in [4.69, 9.17) is 9.57 Å². The summed E-state index contributed by atoms with van der Waals surface area (Å²) in [5.41, 5.74) is 5.25. The molecule has 3 nitrogen and oxygen atoms in total. The van der Waals surface area contributed by atoms with Crippen LogP contribution in [-0.2, 0) is 11.4 Å². The summed E-state index contributed by atoms with van der Waals surface area (Å²) in [6.45, 7) is 4.61. The summed E-state index contributed by atoms with van der Waals surface area (Å²) in [6.07, 6.45) is 0. The number of thiophene rings is 1. The maximum atomic E-state index is 6.10. The maximum Gasteiger partial charge on any atom is 0.127 e. The predicted molar refractivity (Wildman–Crippen MR) is 104 cm³/mol. The van der Waals surface area contributed by atoms with Gasteiger partial charge in [0.25, 0.3) is 0 Å². The Hall–Kier alpha value is -2.59. The average Bonchev–Trinajstić information content (AvgIpc) is 3.15. The third-order valence-corrected chi connectivity index (χ3v) is 4.81. The number of hydrogen-bond acceptors (Lipinski definition) is 4. The molecule has 1 aromatic heterocycles. The second-order valence-corrected chi connectivity index (χ2v) is 6.76. The predicted octanol–water partition coefficient (Wildman–Crippen LogP) is 5.34. The fraction of sp³-hybridized carbons (Fsp3) is 0.190. The third-order valence-electron chi connectivity index (χ3n) is 3.94. The van der Waals surface area contributed by atoms with Crippen LogP contribution < -0.4 is 4.74 Å². The van der Waals surface area contributed by atoms with Crippen molar-refractivity contribution in [2.24, 2.45) is 5.16 Å². The number of aryl methyl sites for hydroxylation is 2. The minimum absolute atomic E-state index is 0.481. The Labute approximate surface area is 152 Å². The van der Waals surface area contributed by atoms with E-state index >= 15 is 0 Å². The molecule has 0 amide bonds. The highest BCUT2D eigenvalue weighted by Crippen LogP contribution is 2.23. The molecule has 4 heteroatoms. The second kappa shape index (κ2) is 7.99. The summed E-state index contributed by atoms with van der Waals surface area (Å²) >= 11 is 1.64. The zero-order chi connectivity index (χ0) is 17.6. The van der Waals surface area contributed by atoms with Gasteiger partial charge in [0.05, 0.1) is 4.88 Å². The average molecular weight is 351 g/mol. The number of rotatable bonds is 6. The van der Waals surface area contributed by atoms with E-state index in [1.54, 1.807) is 18.4 Å². The van der Waals surface area contributed by atoms with Gasteiger partial charge in [-0.25, -0.2) is 0 Å². The molecule has 0 N–H and O–H groups in total. The highest BCUT2D eigenvalue weighted by molar-refractivity contribution is 7.12. The molecule has 0 bridgehead atoms. The highest BCUT2D eigenvalue weighted by atomic mass is 32.1. The van der Waals surface area contributed by atoms with Gasteiger partial charge in [-0.3, -0.25) is 0 Å². The molecule has 0 aliphatic heterocycles. The smallest absolute Gasteiger partial charge is 0.127 e. The van der Waals surface area contributed by atoms with Gasteiger partial charge < -0.3 is 9.57 Å². The van der Waals surface area contributed by atoms with E-state index in [2.05, 4.69) is 49.3 Å². The maximum absolute atomic E-state index is 6.10. The van der Waals surface area contributed by atoms with Crippen molar-refractivity contribution in [3.63, 3.8) is 0 Å². The van der Waals surface area contributed by atoms with Crippen molar-refractivity contribution in [1.82, 2.24) is 0 Å². The number of benzene rings is 2. The van der Waals surface area contributed by atoms with Crippen molar-refractivity contribution >= 4 is 17.0 Å². The first kappa shape index (κ1) is 17.2. The van der Waals surface area contributed by atoms with Crippen LogP contribution in [0.25, 0.3) is 0 Å². The van der Waals surface area contributed by atoms with Gasteiger partial charge in [0, 0.05) is 5.56 Å². The highest BCUT2D eigenvalue weighted by Gasteiger charge is 2.14. The van der Waals surface area contributed by atoms with Crippen molar-refractivity contribution in [3.05, 3.63) is 87.1 Å². The Morgan fingerprint density at radius 1 is 1.04 bits per heavy atom. The van der Waals surface area contributed by atoms with Gasteiger partial charge in [0.1, 0.15) is 25.2 Å². The Bertz CT molecular complexity index is 869. The molecule has 3 aromatic rings. The lowest BCUT2D eigenvalue weighted by molar-refractivity contribution is 0.214. The Balaban J connectivity index is 1.90. The molecule has 0 spiro atoms. The van der Waals surface area contributed by atoms with Crippen LogP contribution in [-0.4, -0.2) is 12.8 Å². The lowest BCUT2D eigenvalue weighted by Gasteiger charge is -2.14. The van der Waals surface area contributed by atoms with Gasteiger partial charge >= 0.3 is 0 Å². The number of nitrogens with zero attached hydrogens (tertiary/aromatic N) is 1. The van der Waals surface area contributed by atoms with Crippen LogP contribution in [0, 0.1) is 13.8 Å². The molecule has 0 radical (unpaired) electrons. The molecule has 3 rings (SSSR count). The first-order valence-corrected chi connectivity index (χ1v) is 9.00. The number of hydrogen-bond donors (Lipinski definition) is 0. The molecule has 0 saturated carbocycles. The van der Waals surface area contributed by atoms with E-state index in [0.29, 0.717) is 6.61 Å². The summed E-state index contributed by atoms with van der Waals surface area (Å²) < 4.78 is 6.10. The minimum Gasteiger partial charge on any atom is -0.489 e. The van der Waals surface area contributed by atoms with E-state index in [0.717, 1.165) is 33.0 Å². The van der Waals surface area contributed by atoms with Gasteiger partial charge in [0.15, 0.2) is 0 Å². The molecule has 0 fully saturated rings. The molecular formula is C21H21NO2S. The number of oxime groups is 1. The molecule has 25 heavy (non-hydrogen) atoms. The molecule has 128 valence electrons. The summed E-state index contributed by atoms with van der Waals surface area (Å²) in [5, 5.41) is 6.29. The summed E-state index contributed by atoms with van der Waals surface area (Å²) in [6, 6.07) is 18.5. The Morgan fingerprint density at radius 3 is 2.64 bits per heavy atom. The van der Waals surface area contributed by atoms with Crippen molar-refractivity contribution in [3.8, 4) is 5.75 Å². The molecule has 1 heterocycles. The van der Waals surface area contributed by atoms with Crippen LogP contribution in [0.3, 0.4) is 0 Å². The summed E-state index contributed by atoms with van der Waals surface area (Å²) in [5.74, 6) is 0.913. The van der Waals surface area contributed by atoms with Gasteiger partial charge in [-0.2, -0.15) is 0 Å². The molecular weight excluding hydrogens is 330 g/mol. The normalized spacial score (nSPS) is 11.4.